The topological polar surface area (TPSA) is 55.3 Å². The molecule has 106 valence electrons. The van der Waals surface area contributed by atoms with Gasteiger partial charge < -0.3 is 19.9 Å². The van der Waals surface area contributed by atoms with Crippen LogP contribution in [-0.4, -0.2) is 43.3 Å². The highest BCUT2D eigenvalue weighted by Gasteiger charge is 2.15. The lowest BCUT2D eigenvalue weighted by atomic mass is 10.1. The number of aromatic nitrogens is 1. The Balaban J connectivity index is 1.77. The molecule has 0 saturated carbocycles. The minimum Gasteiger partial charge on any atom is -0.383 e. The summed E-state index contributed by atoms with van der Waals surface area (Å²) in [4.78, 5) is 12.1. The molecule has 1 aliphatic rings. The van der Waals surface area contributed by atoms with Crippen LogP contribution in [0.1, 0.15) is 29.8 Å². The average molecular weight is 265 g/mol. The van der Waals surface area contributed by atoms with Crippen molar-refractivity contribution in [3.63, 3.8) is 0 Å². The smallest absolute Gasteiger partial charge is 0.267 e. The summed E-state index contributed by atoms with van der Waals surface area (Å²) in [6, 6.07) is 4.31. The van der Waals surface area contributed by atoms with Crippen molar-refractivity contribution < 1.29 is 9.53 Å². The van der Waals surface area contributed by atoms with Crippen LogP contribution >= 0.6 is 0 Å². The molecule has 1 aliphatic heterocycles. The first-order chi connectivity index (χ1) is 9.31. The van der Waals surface area contributed by atoms with Crippen LogP contribution < -0.4 is 10.6 Å². The molecule has 0 unspecified atom stereocenters. The summed E-state index contributed by atoms with van der Waals surface area (Å²) in [5, 5.41) is 6.42. The van der Waals surface area contributed by atoms with E-state index < -0.39 is 0 Å². The van der Waals surface area contributed by atoms with Crippen LogP contribution in [0.15, 0.2) is 18.3 Å². The van der Waals surface area contributed by atoms with Crippen molar-refractivity contribution in [2.24, 2.45) is 0 Å². The largest absolute Gasteiger partial charge is 0.383 e. The molecule has 0 bridgehead atoms. The van der Waals surface area contributed by atoms with Gasteiger partial charge in [-0.05, 0) is 37.9 Å². The Bertz CT molecular complexity index is 397. The number of hydrogen-bond acceptors (Lipinski definition) is 3. The van der Waals surface area contributed by atoms with Crippen molar-refractivity contribution >= 4 is 5.91 Å². The predicted molar refractivity (Wildman–Crippen MR) is 74.3 cm³/mol. The summed E-state index contributed by atoms with van der Waals surface area (Å²) in [6.07, 6.45) is 5.38. The van der Waals surface area contributed by atoms with Gasteiger partial charge in [0.15, 0.2) is 0 Å². The molecule has 0 radical (unpaired) electrons. The van der Waals surface area contributed by atoms with E-state index in [1.807, 2.05) is 22.9 Å². The predicted octanol–water partition coefficient (Wildman–Crippen LogP) is 1.01. The number of nitrogens with zero attached hydrogens (tertiary/aromatic N) is 1. The van der Waals surface area contributed by atoms with Gasteiger partial charge in [-0.15, -0.1) is 0 Å². The van der Waals surface area contributed by atoms with Gasteiger partial charge in [0, 0.05) is 32.4 Å². The van der Waals surface area contributed by atoms with Crippen molar-refractivity contribution in [1.29, 1.82) is 0 Å². The third-order valence-electron chi connectivity index (χ3n) is 3.54. The molecular weight excluding hydrogens is 242 g/mol. The van der Waals surface area contributed by atoms with Crippen LogP contribution in [0.3, 0.4) is 0 Å². The molecule has 2 rings (SSSR count). The minimum absolute atomic E-state index is 0.000833. The molecule has 19 heavy (non-hydrogen) atoms. The van der Waals surface area contributed by atoms with E-state index in [9.17, 15) is 4.79 Å². The fraction of sp³-hybridized carbons (Fsp3) is 0.643. The summed E-state index contributed by atoms with van der Waals surface area (Å²) in [7, 11) is 1.66. The van der Waals surface area contributed by atoms with E-state index in [1.165, 1.54) is 12.8 Å². The number of rotatable bonds is 7. The first kappa shape index (κ1) is 14.1. The lowest BCUT2D eigenvalue weighted by Gasteiger charge is -2.12. The molecule has 2 heterocycles. The average Bonchev–Trinajstić information content (AvgIpc) is 3.07. The first-order valence-electron chi connectivity index (χ1n) is 6.97. The Kier molecular flexibility index (Phi) is 5.42. The van der Waals surface area contributed by atoms with Crippen LogP contribution in [0.5, 0.6) is 0 Å². The molecule has 0 spiro atoms. The summed E-state index contributed by atoms with van der Waals surface area (Å²) in [5.74, 6) is -0.000833. The van der Waals surface area contributed by atoms with Gasteiger partial charge in [0.25, 0.3) is 5.91 Å². The van der Waals surface area contributed by atoms with Crippen LogP contribution in [0.4, 0.5) is 0 Å². The fourth-order valence-electron chi connectivity index (χ4n) is 2.46. The van der Waals surface area contributed by atoms with Crippen LogP contribution in [-0.2, 0) is 11.3 Å². The van der Waals surface area contributed by atoms with Gasteiger partial charge in [0.05, 0.1) is 6.61 Å². The second-order valence-corrected chi connectivity index (χ2v) is 4.92. The fourth-order valence-corrected chi connectivity index (χ4v) is 2.46. The molecule has 1 aromatic heterocycles. The number of nitrogens with one attached hydrogen (secondary N) is 2. The van der Waals surface area contributed by atoms with E-state index >= 15 is 0 Å². The zero-order valence-electron chi connectivity index (χ0n) is 11.5. The van der Waals surface area contributed by atoms with Crippen LogP contribution in [0.2, 0.25) is 0 Å². The molecule has 1 fully saturated rings. The number of carbonyl (C=O) groups excluding carboxylic acids is 1. The quantitative estimate of drug-likeness (QED) is 0.773. The SMILES string of the molecule is COCCn1cccc1C(=O)NCC[C@@H]1CCCN1. The molecule has 0 aliphatic carbocycles. The van der Waals surface area contributed by atoms with E-state index in [0.717, 1.165) is 19.5 Å². The molecule has 1 atom stereocenters. The highest BCUT2D eigenvalue weighted by Crippen LogP contribution is 2.08. The molecule has 2 N–H and O–H groups in total. The number of amides is 1. The van der Waals surface area contributed by atoms with Gasteiger partial charge in [0.1, 0.15) is 5.69 Å². The maximum atomic E-state index is 12.1. The Morgan fingerprint density at radius 3 is 3.26 bits per heavy atom. The number of ether oxygens (including phenoxy) is 1. The highest BCUT2D eigenvalue weighted by atomic mass is 16.5. The van der Waals surface area contributed by atoms with Gasteiger partial charge in [-0.3, -0.25) is 4.79 Å². The van der Waals surface area contributed by atoms with Crippen molar-refractivity contribution in [2.45, 2.75) is 31.8 Å². The molecule has 0 aromatic carbocycles. The maximum absolute atomic E-state index is 12.1. The lowest BCUT2D eigenvalue weighted by molar-refractivity contribution is 0.0940. The van der Waals surface area contributed by atoms with Gasteiger partial charge in [-0.2, -0.15) is 0 Å². The second kappa shape index (κ2) is 7.31. The van der Waals surface area contributed by atoms with Crippen molar-refractivity contribution in [3.05, 3.63) is 24.0 Å². The molecule has 1 aromatic rings. The summed E-state index contributed by atoms with van der Waals surface area (Å²) < 4.78 is 6.96. The third kappa shape index (κ3) is 4.08. The van der Waals surface area contributed by atoms with Crippen LogP contribution in [0.25, 0.3) is 0 Å². The Labute approximate surface area is 114 Å². The van der Waals surface area contributed by atoms with Crippen molar-refractivity contribution in [3.8, 4) is 0 Å². The zero-order chi connectivity index (χ0) is 13.5. The molecular formula is C14H23N3O2. The lowest BCUT2D eigenvalue weighted by Crippen LogP contribution is -2.31. The number of carbonyl (C=O) groups is 1. The zero-order valence-corrected chi connectivity index (χ0v) is 11.5. The number of methoxy groups -OCH3 is 1. The third-order valence-corrected chi connectivity index (χ3v) is 3.54. The number of hydrogen-bond donors (Lipinski definition) is 2. The molecule has 1 amide bonds. The standard InChI is InChI=1S/C14H23N3O2/c1-19-11-10-17-9-3-5-13(17)14(18)16-8-6-12-4-2-7-15-12/h3,5,9,12,15H,2,4,6-8,10-11H2,1H3,(H,16,18)/t12-/m0/s1. The Morgan fingerprint density at radius 2 is 2.53 bits per heavy atom. The van der Waals surface area contributed by atoms with Gasteiger partial charge in [0.2, 0.25) is 0 Å². The molecule has 1 saturated heterocycles. The van der Waals surface area contributed by atoms with E-state index in [0.29, 0.717) is 24.9 Å². The second-order valence-electron chi connectivity index (χ2n) is 4.92. The maximum Gasteiger partial charge on any atom is 0.267 e. The van der Waals surface area contributed by atoms with Gasteiger partial charge in [-0.25, -0.2) is 0 Å². The van der Waals surface area contributed by atoms with Gasteiger partial charge >= 0.3 is 0 Å². The summed E-state index contributed by atoms with van der Waals surface area (Å²) in [5.41, 5.74) is 0.705. The molecule has 5 nitrogen and oxygen atoms in total. The van der Waals surface area contributed by atoms with Crippen LogP contribution in [0, 0.1) is 0 Å². The summed E-state index contributed by atoms with van der Waals surface area (Å²) >= 11 is 0. The summed E-state index contributed by atoms with van der Waals surface area (Å²) in [6.45, 7) is 3.15. The van der Waals surface area contributed by atoms with Crippen molar-refractivity contribution in [1.82, 2.24) is 15.2 Å². The van der Waals surface area contributed by atoms with E-state index in [4.69, 9.17) is 4.74 Å². The first-order valence-corrected chi connectivity index (χ1v) is 6.97. The van der Waals surface area contributed by atoms with Crippen molar-refractivity contribution in [2.75, 3.05) is 26.8 Å². The normalized spacial score (nSPS) is 18.7. The van der Waals surface area contributed by atoms with E-state index in [2.05, 4.69) is 10.6 Å². The van der Waals surface area contributed by atoms with Gasteiger partial charge in [-0.1, -0.05) is 0 Å². The Hall–Kier alpha value is -1.33. The Morgan fingerprint density at radius 1 is 1.63 bits per heavy atom. The molecule has 5 heteroatoms. The minimum atomic E-state index is -0.000833. The van der Waals surface area contributed by atoms with E-state index in [1.54, 1.807) is 7.11 Å². The highest BCUT2D eigenvalue weighted by molar-refractivity contribution is 5.92. The monoisotopic (exact) mass is 265 g/mol. The van der Waals surface area contributed by atoms with E-state index in [-0.39, 0.29) is 5.91 Å².